The van der Waals surface area contributed by atoms with Crippen molar-refractivity contribution in [1.29, 1.82) is 0 Å². The maximum Gasteiger partial charge on any atom is 0.191 e. The topological polar surface area (TPSA) is 104 Å². The van der Waals surface area contributed by atoms with Crippen LogP contribution < -0.4 is 17.2 Å². The van der Waals surface area contributed by atoms with Crippen molar-refractivity contribution >= 4 is 45.0 Å². The average molecular weight is 326 g/mol. The van der Waals surface area contributed by atoms with Gasteiger partial charge in [0.05, 0.1) is 0 Å². The van der Waals surface area contributed by atoms with E-state index >= 15 is 0 Å². The van der Waals surface area contributed by atoms with Gasteiger partial charge in [-0.15, -0.1) is 0 Å². The molecule has 0 fully saturated rings. The lowest BCUT2D eigenvalue weighted by Gasteiger charge is -2.05. The maximum absolute atomic E-state index is 5.68. The third kappa shape index (κ3) is 3.27. The quantitative estimate of drug-likeness (QED) is 0.454. The number of nitrogen functional groups attached to an aromatic ring is 3. The first-order chi connectivity index (χ1) is 8.54. The van der Waals surface area contributed by atoms with Gasteiger partial charge >= 0.3 is 0 Å². The van der Waals surface area contributed by atoms with E-state index in [0.717, 1.165) is 15.7 Å². The molecule has 2 aromatic rings. The first-order valence-electron chi connectivity index (χ1n) is 5.11. The molecule has 0 atom stereocenters. The highest BCUT2D eigenvalue weighted by Gasteiger charge is 2.05. The zero-order valence-electron chi connectivity index (χ0n) is 9.43. The normalized spacial score (nSPS) is 10.5. The second kappa shape index (κ2) is 5.45. The molecule has 1 aromatic heterocycles. The summed E-state index contributed by atoms with van der Waals surface area (Å²) >= 11 is 4.93. The van der Waals surface area contributed by atoms with E-state index in [9.17, 15) is 0 Å². The van der Waals surface area contributed by atoms with Gasteiger partial charge in [-0.3, -0.25) is 0 Å². The molecule has 0 saturated carbocycles. The molecule has 6 N–H and O–H groups in total. The Kier molecular flexibility index (Phi) is 3.93. The molecule has 1 aromatic carbocycles. The van der Waals surface area contributed by atoms with E-state index in [4.69, 9.17) is 17.2 Å². The minimum Gasteiger partial charge on any atom is -0.399 e. The molecule has 0 bridgehead atoms. The highest BCUT2D eigenvalue weighted by Crippen LogP contribution is 2.27. The van der Waals surface area contributed by atoms with Gasteiger partial charge in [0.1, 0.15) is 11.6 Å². The molecule has 0 radical (unpaired) electrons. The second-order valence-electron chi connectivity index (χ2n) is 3.64. The highest BCUT2D eigenvalue weighted by atomic mass is 79.9. The van der Waals surface area contributed by atoms with Crippen LogP contribution in [0.15, 0.2) is 33.9 Å². The van der Waals surface area contributed by atoms with Crippen LogP contribution in [0.4, 0.5) is 17.3 Å². The summed E-state index contributed by atoms with van der Waals surface area (Å²) in [5.74, 6) is 1.46. The summed E-state index contributed by atoms with van der Waals surface area (Å²) in [6.07, 6.45) is 0. The van der Waals surface area contributed by atoms with Crippen molar-refractivity contribution in [3.05, 3.63) is 34.3 Å². The molecule has 5 nitrogen and oxygen atoms in total. The lowest BCUT2D eigenvalue weighted by molar-refractivity contribution is 0.984. The van der Waals surface area contributed by atoms with Crippen LogP contribution in [0.5, 0.6) is 0 Å². The summed E-state index contributed by atoms with van der Waals surface area (Å²) in [5, 5.41) is 0.566. The van der Waals surface area contributed by atoms with Gasteiger partial charge in [0.25, 0.3) is 0 Å². The Morgan fingerprint density at radius 2 is 1.72 bits per heavy atom. The Labute approximate surface area is 117 Å². The smallest absolute Gasteiger partial charge is 0.191 e. The molecule has 0 saturated heterocycles. The Bertz CT molecular complexity index is 555. The molecule has 0 aliphatic heterocycles. The summed E-state index contributed by atoms with van der Waals surface area (Å²) in [4.78, 5) is 8.21. The van der Waals surface area contributed by atoms with Crippen LogP contribution in [0.2, 0.25) is 0 Å². The van der Waals surface area contributed by atoms with E-state index in [1.165, 1.54) is 17.8 Å². The SMILES string of the molecule is Nc1ccc(CSc2nc(N)cc(N)n2)c(Br)c1. The zero-order chi connectivity index (χ0) is 13.1. The number of anilines is 3. The van der Waals surface area contributed by atoms with Crippen LogP contribution in [-0.2, 0) is 5.75 Å². The van der Waals surface area contributed by atoms with Crippen molar-refractivity contribution in [2.24, 2.45) is 0 Å². The van der Waals surface area contributed by atoms with Gasteiger partial charge in [-0.25, -0.2) is 9.97 Å². The summed E-state index contributed by atoms with van der Waals surface area (Å²) in [5.41, 5.74) is 18.7. The standard InChI is InChI=1S/C11H12BrN5S/c12-8-3-7(13)2-1-6(8)5-18-11-16-9(14)4-10(15)17-11/h1-4H,5,13H2,(H4,14,15,16,17). The van der Waals surface area contributed by atoms with E-state index in [0.29, 0.717) is 22.5 Å². The Morgan fingerprint density at radius 1 is 1.06 bits per heavy atom. The van der Waals surface area contributed by atoms with Gasteiger partial charge in [0.15, 0.2) is 5.16 Å². The lowest BCUT2D eigenvalue weighted by atomic mass is 10.2. The first-order valence-corrected chi connectivity index (χ1v) is 6.89. The number of nitrogens with zero attached hydrogens (tertiary/aromatic N) is 2. The number of aromatic nitrogens is 2. The number of rotatable bonds is 3. The van der Waals surface area contributed by atoms with E-state index in [-0.39, 0.29) is 0 Å². The minimum absolute atomic E-state index is 0.376. The number of hydrogen-bond acceptors (Lipinski definition) is 6. The molecule has 0 aliphatic rings. The largest absolute Gasteiger partial charge is 0.399 e. The third-order valence-corrected chi connectivity index (χ3v) is 3.81. The molecule has 18 heavy (non-hydrogen) atoms. The lowest BCUT2D eigenvalue weighted by Crippen LogP contribution is -1.99. The summed E-state index contributed by atoms with van der Waals surface area (Å²) < 4.78 is 0.965. The van der Waals surface area contributed by atoms with Crippen molar-refractivity contribution < 1.29 is 0 Å². The fourth-order valence-electron chi connectivity index (χ4n) is 1.35. The van der Waals surface area contributed by atoms with Crippen LogP contribution >= 0.6 is 27.7 Å². The molecule has 2 rings (SSSR count). The van der Waals surface area contributed by atoms with Crippen molar-refractivity contribution in [2.45, 2.75) is 10.9 Å². The summed E-state index contributed by atoms with van der Waals surface area (Å²) in [7, 11) is 0. The monoisotopic (exact) mass is 325 g/mol. The van der Waals surface area contributed by atoms with E-state index in [1.807, 2.05) is 18.2 Å². The molecule has 94 valence electrons. The highest BCUT2D eigenvalue weighted by molar-refractivity contribution is 9.10. The molecular formula is C11H12BrN5S. The third-order valence-electron chi connectivity index (χ3n) is 2.18. The molecule has 0 aliphatic carbocycles. The molecule has 0 unspecified atom stereocenters. The molecular weight excluding hydrogens is 314 g/mol. The fraction of sp³-hybridized carbons (Fsp3) is 0.0909. The number of halogens is 1. The number of thioether (sulfide) groups is 1. The Hall–Kier alpha value is -1.47. The minimum atomic E-state index is 0.376. The van der Waals surface area contributed by atoms with E-state index < -0.39 is 0 Å². The maximum atomic E-state index is 5.68. The van der Waals surface area contributed by atoms with Crippen LogP contribution in [0.1, 0.15) is 5.56 Å². The van der Waals surface area contributed by atoms with Crippen molar-refractivity contribution in [1.82, 2.24) is 9.97 Å². The van der Waals surface area contributed by atoms with Crippen molar-refractivity contribution in [3.63, 3.8) is 0 Å². The number of benzene rings is 1. The van der Waals surface area contributed by atoms with Crippen LogP contribution in [0.25, 0.3) is 0 Å². The van der Waals surface area contributed by atoms with Crippen molar-refractivity contribution in [2.75, 3.05) is 17.2 Å². The van der Waals surface area contributed by atoms with Gasteiger partial charge in [0.2, 0.25) is 0 Å². The van der Waals surface area contributed by atoms with E-state index in [1.54, 1.807) is 0 Å². The molecule has 1 heterocycles. The second-order valence-corrected chi connectivity index (χ2v) is 5.44. The van der Waals surface area contributed by atoms with Crippen LogP contribution in [-0.4, -0.2) is 9.97 Å². The van der Waals surface area contributed by atoms with Gasteiger partial charge in [-0.05, 0) is 17.7 Å². The molecule has 0 spiro atoms. The van der Waals surface area contributed by atoms with Gasteiger partial charge < -0.3 is 17.2 Å². The van der Waals surface area contributed by atoms with Gasteiger partial charge in [0, 0.05) is 22.0 Å². The predicted molar refractivity (Wildman–Crippen MR) is 79.0 cm³/mol. The fourth-order valence-corrected chi connectivity index (χ4v) is 2.95. The molecule has 7 heteroatoms. The van der Waals surface area contributed by atoms with Gasteiger partial charge in [-0.1, -0.05) is 33.8 Å². The van der Waals surface area contributed by atoms with Crippen LogP contribution in [0, 0.1) is 0 Å². The zero-order valence-corrected chi connectivity index (χ0v) is 11.8. The number of hydrogen-bond donors (Lipinski definition) is 3. The summed E-state index contributed by atoms with van der Waals surface area (Å²) in [6, 6.07) is 7.21. The predicted octanol–water partition coefficient (Wildman–Crippen LogP) is 2.28. The van der Waals surface area contributed by atoms with E-state index in [2.05, 4.69) is 25.9 Å². The number of nitrogens with two attached hydrogens (primary N) is 3. The molecule has 0 amide bonds. The van der Waals surface area contributed by atoms with Crippen LogP contribution in [0.3, 0.4) is 0 Å². The Morgan fingerprint density at radius 3 is 2.33 bits per heavy atom. The first kappa shape index (κ1) is 13.0. The Balaban J connectivity index is 2.11. The average Bonchev–Trinajstić information content (AvgIpc) is 2.26. The van der Waals surface area contributed by atoms with Crippen molar-refractivity contribution in [3.8, 4) is 0 Å². The van der Waals surface area contributed by atoms with Gasteiger partial charge in [-0.2, -0.15) is 0 Å². The summed E-state index contributed by atoms with van der Waals surface area (Å²) in [6.45, 7) is 0.